The molecule has 0 amide bonds. The van der Waals surface area contributed by atoms with Gasteiger partial charge in [-0.15, -0.1) is 0 Å². The number of alkyl halides is 3. The average molecular weight is 443 g/mol. The van der Waals surface area contributed by atoms with E-state index < -0.39 is 23.4 Å². The van der Waals surface area contributed by atoms with E-state index in [0.29, 0.717) is 11.5 Å². The van der Waals surface area contributed by atoms with Crippen LogP contribution < -0.4 is 0 Å². The van der Waals surface area contributed by atoms with Crippen LogP contribution >= 0.6 is 0 Å². The fourth-order valence-corrected chi connectivity index (χ4v) is 5.83. The molecule has 174 valence electrons. The van der Waals surface area contributed by atoms with Crippen LogP contribution in [-0.4, -0.2) is 0 Å². The predicted octanol–water partition coefficient (Wildman–Crippen LogP) is 9.20. The SMILES string of the molecule is C/C=C/CCCCC1CCC(C2CCC(c3cc(F)c(C(F)(F)F)c(F)c3)CC2)CC1. The maximum atomic E-state index is 14.0. The maximum absolute atomic E-state index is 14.0. The minimum absolute atomic E-state index is 0.0453. The lowest BCUT2D eigenvalue weighted by atomic mass is 9.68. The molecule has 1 aromatic carbocycles. The zero-order valence-corrected chi connectivity index (χ0v) is 18.5. The lowest BCUT2D eigenvalue weighted by molar-refractivity contribution is -0.142. The topological polar surface area (TPSA) is 0 Å². The molecule has 3 rings (SSSR count). The van der Waals surface area contributed by atoms with E-state index in [-0.39, 0.29) is 5.92 Å². The highest BCUT2D eigenvalue weighted by atomic mass is 19.4. The molecule has 0 atom stereocenters. The van der Waals surface area contributed by atoms with Gasteiger partial charge in [0.25, 0.3) is 0 Å². The molecule has 0 aromatic heterocycles. The Balaban J connectivity index is 1.45. The molecule has 0 aliphatic heterocycles. The van der Waals surface area contributed by atoms with E-state index in [1.165, 1.54) is 51.4 Å². The summed E-state index contributed by atoms with van der Waals surface area (Å²) in [4.78, 5) is 0. The summed E-state index contributed by atoms with van der Waals surface area (Å²) in [5, 5.41) is 0. The second kappa shape index (κ2) is 11.0. The van der Waals surface area contributed by atoms with E-state index in [1.807, 2.05) is 0 Å². The summed E-state index contributed by atoms with van der Waals surface area (Å²) in [6.45, 7) is 2.06. The minimum Gasteiger partial charge on any atom is -0.206 e. The third-order valence-corrected chi connectivity index (χ3v) is 7.62. The molecule has 0 saturated heterocycles. The van der Waals surface area contributed by atoms with Gasteiger partial charge in [-0.05, 0) is 99.7 Å². The van der Waals surface area contributed by atoms with Gasteiger partial charge in [0, 0.05) is 0 Å². The molecular weight excluding hydrogens is 407 g/mol. The number of benzene rings is 1. The summed E-state index contributed by atoms with van der Waals surface area (Å²) in [5.41, 5.74) is -1.40. The van der Waals surface area contributed by atoms with Gasteiger partial charge < -0.3 is 0 Å². The average Bonchev–Trinajstić information content (AvgIpc) is 2.73. The zero-order valence-electron chi connectivity index (χ0n) is 18.5. The molecule has 2 aliphatic rings. The van der Waals surface area contributed by atoms with Gasteiger partial charge in [-0.2, -0.15) is 13.2 Å². The normalized spacial score (nSPS) is 27.7. The van der Waals surface area contributed by atoms with Crippen molar-refractivity contribution in [2.24, 2.45) is 17.8 Å². The quantitative estimate of drug-likeness (QED) is 0.224. The van der Waals surface area contributed by atoms with E-state index in [1.54, 1.807) is 0 Å². The molecule has 0 N–H and O–H groups in total. The van der Waals surface area contributed by atoms with Crippen molar-refractivity contribution in [1.82, 2.24) is 0 Å². The highest BCUT2D eigenvalue weighted by molar-refractivity contribution is 5.30. The standard InChI is InChI=1S/C26H35F5/c1-2-3-4-5-6-7-18-8-10-19(11-9-18)20-12-14-21(15-13-20)22-16-23(27)25(24(28)17-22)26(29,30)31/h2-3,16-21H,4-15H2,1H3/b3-2+. The lowest BCUT2D eigenvalue weighted by Gasteiger charge is -2.38. The van der Waals surface area contributed by atoms with Gasteiger partial charge in [-0.3, -0.25) is 0 Å². The Morgan fingerprint density at radius 3 is 1.90 bits per heavy atom. The molecule has 0 unspecified atom stereocenters. The lowest BCUT2D eigenvalue weighted by Crippen LogP contribution is -2.25. The van der Waals surface area contributed by atoms with Gasteiger partial charge in [0.2, 0.25) is 0 Å². The number of hydrogen-bond acceptors (Lipinski definition) is 0. The van der Waals surface area contributed by atoms with Gasteiger partial charge in [0.05, 0.1) is 0 Å². The third kappa shape index (κ3) is 6.55. The number of halogens is 5. The Morgan fingerprint density at radius 2 is 1.39 bits per heavy atom. The summed E-state index contributed by atoms with van der Waals surface area (Å²) in [6.07, 6.45) is 13.2. The van der Waals surface area contributed by atoms with Crippen LogP contribution in [0.3, 0.4) is 0 Å². The minimum atomic E-state index is -5.00. The zero-order chi connectivity index (χ0) is 22.4. The van der Waals surface area contributed by atoms with Crippen LogP contribution in [-0.2, 0) is 6.18 Å². The summed E-state index contributed by atoms with van der Waals surface area (Å²) >= 11 is 0. The van der Waals surface area contributed by atoms with E-state index in [2.05, 4.69) is 19.1 Å². The molecule has 2 saturated carbocycles. The largest absolute Gasteiger partial charge is 0.422 e. The molecule has 2 aliphatic carbocycles. The second-order valence-corrected chi connectivity index (χ2v) is 9.60. The van der Waals surface area contributed by atoms with Gasteiger partial charge in [0.1, 0.15) is 17.2 Å². The monoisotopic (exact) mass is 442 g/mol. The Kier molecular flexibility index (Phi) is 8.58. The van der Waals surface area contributed by atoms with Crippen LogP contribution in [0.1, 0.15) is 101 Å². The maximum Gasteiger partial charge on any atom is 0.422 e. The molecule has 0 bridgehead atoms. The second-order valence-electron chi connectivity index (χ2n) is 9.60. The summed E-state index contributed by atoms with van der Waals surface area (Å²) in [5.74, 6) is -0.785. The highest BCUT2D eigenvalue weighted by Gasteiger charge is 2.39. The Hall–Kier alpha value is -1.39. The van der Waals surface area contributed by atoms with Gasteiger partial charge >= 0.3 is 6.18 Å². The molecule has 0 spiro atoms. The first-order chi connectivity index (χ1) is 14.8. The van der Waals surface area contributed by atoms with Crippen molar-refractivity contribution in [3.63, 3.8) is 0 Å². The number of rotatable bonds is 7. The Labute approximate surface area is 183 Å². The summed E-state index contributed by atoms with van der Waals surface area (Å²) < 4.78 is 66.3. The van der Waals surface area contributed by atoms with Crippen LogP contribution in [0, 0.1) is 29.4 Å². The van der Waals surface area contributed by atoms with Gasteiger partial charge in [-0.1, -0.05) is 37.8 Å². The Morgan fingerprint density at radius 1 is 0.839 bits per heavy atom. The summed E-state index contributed by atoms with van der Waals surface area (Å²) in [6, 6.07) is 1.80. The van der Waals surface area contributed by atoms with Crippen LogP contribution in [0.2, 0.25) is 0 Å². The van der Waals surface area contributed by atoms with Crippen molar-refractivity contribution in [2.45, 2.75) is 96.1 Å². The highest BCUT2D eigenvalue weighted by Crippen LogP contribution is 2.45. The first-order valence-corrected chi connectivity index (χ1v) is 12.0. The molecule has 1 aromatic rings. The fourth-order valence-electron chi connectivity index (χ4n) is 5.83. The first-order valence-electron chi connectivity index (χ1n) is 12.0. The number of unbranched alkanes of at least 4 members (excludes halogenated alkanes) is 2. The van der Waals surface area contributed by atoms with Crippen LogP contribution in [0.25, 0.3) is 0 Å². The molecule has 0 radical (unpaired) electrons. The van der Waals surface area contributed by atoms with Gasteiger partial charge in [0.15, 0.2) is 0 Å². The van der Waals surface area contributed by atoms with Gasteiger partial charge in [-0.25, -0.2) is 8.78 Å². The molecule has 2 fully saturated rings. The summed E-state index contributed by atoms with van der Waals surface area (Å²) in [7, 11) is 0. The molecule has 31 heavy (non-hydrogen) atoms. The van der Waals surface area contributed by atoms with Crippen molar-refractivity contribution in [3.8, 4) is 0 Å². The molecule has 0 nitrogen and oxygen atoms in total. The van der Waals surface area contributed by atoms with E-state index in [9.17, 15) is 22.0 Å². The number of allylic oxidation sites excluding steroid dienone is 2. The fraction of sp³-hybridized carbons (Fsp3) is 0.692. The van der Waals surface area contributed by atoms with Crippen molar-refractivity contribution in [2.75, 3.05) is 0 Å². The van der Waals surface area contributed by atoms with Crippen molar-refractivity contribution in [1.29, 1.82) is 0 Å². The van der Waals surface area contributed by atoms with Crippen molar-refractivity contribution >= 4 is 0 Å². The van der Waals surface area contributed by atoms with E-state index in [4.69, 9.17) is 0 Å². The van der Waals surface area contributed by atoms with Crippen molar-refractivity contribution in [3.05, 3.63) is 47.0 Å². The van der Waals surface area contributed by atoms with Crippen molar-refractivity contribution < 1.29 is 22.0 Å². The van der Waals surface area contributed by atoms with E-state index in [0.717, 1.165) is 49.7 Å². The first kappa shape index (κ1) is 24.3. The predicted molar refractivity (Wildman–Crippen MR) is 115 cm³/mol. The van der Waals surface area contributed by atoms with Crippen LogP contribution in [0.4, 0.5) is 22.0 Å². The smallest absolute Gasteiger partial charge is 0.206 e. The molecular formula is C26H35F5. The number of hydrogen-bond donors (Lipinski definition) is 0. The molecule has 5 heteroatoms. The van der Waals surface area contributed by atoms with Crippen LogP contribution in [0.5, 0.6) is 0 Å². The van der Waals surface area contributed by atoms with E-state index >= 15 is 0 Å². The Bertz CT molecular complexity index is 697. The third-order valence-electron chi connectivity index (χ3n) is 7.62. The molecule has 0 heterocycles. The van der Waals surface area contributed by atoms with Crippen LogP contribution in [0.15, 0.2) is 24.3 Å².